The van der Waals surface area contributed by atoms with Crippen molar-refractivity contribution in [2.24, 2.45) is 0 Å². The third-order valence-electron chi connectivity index (χ3n) is 2.68. The summed E-state index contributed by atoms with van der Waals surface area (Å²) in [5.41, 5.74) is 1.19. The Balaban J connectivity index is 2.40. The van der Waals surface area contributed by atoms with Crippen LogP contribution in [0, 0.1) is 6.92 Å². The molecule has 0 radical (unpaired) electrons. The number of rotatable bonds is 4. The molecule has 0 saturated heterocycles. The second-order valence-electron chi connectivity index (χ2n) is 4.23. The molecule has 1 aromatic carbocycles. The standard InChI is InChI=1S/C13H12BrClN2O3S/c1-8-5-10(7-16-13(8)14)17-21(18,19)12-4-3-9(15)6-11(12)20-2/h3-7,17H,1-2H3. The van der Waals surface area contributed by atoms with Gasteiger partial charge in [-0.05, 0) is 46.6 Å². The quantitative estimate of drug-likeness (QED) is 0.808. The van der Waals surface area contributed by atoms with Gasteiger partial charge in [-0.25, -0.2) is 13.4 Å². The van der Waals surface area contributed by atoms with Gasteiger partial charge in [0.2, 0.25) is 0 Å². The van der Waals surface area contributed by atoms with Gasteiger partial charge >= 0.3 is 0 Å². The van der Waals surface area contributed by atoms with E-state index >= 15 is 0 Å². The number of anilines is 1. The normalized spacial score (nSPS) is 11.2. The van der Waals surface area contributed by atoms with Crippen LogP contribution in [0.1, 0.15) is 5.56 Å². The number of ether oxygens (including phenoxy) is 1. The van der Waals surface area contributed by atoms with Gasteiger partial charge in [-0.3, -0.25) is 4.72 Å². The lowest BCUT2D eigenvalue weighted by atomic mass is 10.3. The third-order valence-corrected chi connectivity index (χ3v) is 5.17. The lowest BCUT2D eigenvalue weighted by molar-refractivity contribution is 0.403. The summed E-state index contributed by atoms with van der Waals surface area (Å²) in [4.78, 5) is 4.06. The third kappa shape index (κ3) is 3.66. The fraction of sp³-hybridized carbons (Fsp3) is 0.154. The van der Waals surface area contributed by atoms with Crippen molar-refractivity contribution in [3.63, 3.8) is 0 Å². The number of aryl methyl sites for hydroxylation is 1. The molecule has 0 spiro atoms. The number of sulfonamides is 1. The Hall–Kier alpha value is -1.31. The number of hydrogen-bond acceptors (Lipinski definition) is 4. The van der Waals surface area contributed by atoms with Crippen molar-refractivity contribution in [1.29, 1.82) is 0 Å². The van der Waals surface area contributed by atoms with Crippen molar-refractivity contribution in [3.8, 4) is 5.75 Å². The summed E-state index contributed by atoms with van der Waals surface area (Å²) >= 11 is 9.10. The van der Waals surface area contributed by atoms with Gasteiger partial charge in [-0.2, -0.15) is 0 Å². The Morgan fingerprint density at radius 2 is 2.05 bits per heavy atom. The first-order chi connectivity index (χ1) is 9.83. The molecule has 0 bridgehead atoms. The summed E-state index contributed by atoms with van der Waals surface area (Å²) in [7, 11) is -2.41. The van der Waals surface area contributed by atoms with Crippen molar-refractivity contribution in [1.82, 2.24) is 4.98 Å². The minimum absolute atomic E-state index is 0.00923. The fourth-order valence-electron chi connectivity index (χ4n) is 1.69. The van der Waals surface area contributed by atoms with Crippen LogP contribution in [0.3, 0.4) is 0 Å². The molecule has 112 valence electrons. The minimum atomic E-state index is -3.79. The van der Waals surface area contributed by atoms with Crippen LogP contribution < -0.4 is 9.46 Å². The van der Waals surface area contributed by atoms with E-state index in [1.165, 1.54) is 31.5 Å². The Morgan fingerprint density at radius 3 is 2.67 bits per heavy atom. The van der Waals surface area contributed by atoms with E-state index in [0.717, 1.165) is 5.56 Å². The predicted molar refractivity (Wildman–Crippen MR) is 85.5 cm³/mol. The Morgan fingerprint density at radius 1 is 1.33 bits per heavy atom. The van der Waals surface area contributed by atoms with E-state index in [4.69, 9.17) is 16.3 Å². The molecule has 0 fully saturated rings. The minimum Gasteiger partial charge on any atom is -0.495 e. The van der Waals surface area contributed by atoms with Crippen LogP contribution in [-0.2, 0) is 10.0 Å². The summed E-state index contributed by atoms with van der Waals surface area (Å²) in [5.74, 6) is 0.178. The molecule has 0 aliphatic heterocycles. The van der Waals surface area contributed by atoms with E-state index in [0.29, 0.717) is 15.3 Å². The molecular weight excluding hydrogens is 380 g/mol. The van der Waals surface area contributed by atoms with Gasteiger partial charge in [-0.15, -0.1) is 0 Å². The summed E-state index contributed by atoms with van der Waals surface area (Å²) < 4.78 is 33.0. The Bertz CT molecular complexity index is 781. The fourth-order valence-corrected chi connectivity index (χ4v) is 3.25. The lowest BCUT2D eigenvalue weighted by Crippen LogP contribution is -2.14. The number of pyridine rings is 1. The summed E-state index contributed by atoms with van der Waals surface area (Å²) in [6.07, 6.45) is 1.43. The summed E-state index contributed by atoms with van der Waals surface area (Å²) in [6, 6.07) is 6.00. The van der Waals surface area contributed by atoms with Crippen LogP contribution >= 0.6 is 27.5 Å². The average Bonchev–Trinajstić information content (AvgIpc) is 2.42. The van der Waals surface area contributed by atoms with E-state index in [-0.39, 0.29) is 10.6 Å². The molecule has 2 aromatic rings. The molecule has 0 aliphatic carbocycles. The second kappa shape index (κ2) is 6.21. The van der Waals surface area contributed by atoms with Gasteiger partial charge in [0.15, 0.2) is 0 Å². The lowest BCUT2D eigenvalue weighted by Gasteiger charge is -2.12. The molecular formula is C13H12BrClN2O3S. The zero-order chi connectivity index (χ0) is 15.6. The molecule has 1 heterocycles. The number of nitrogens with one attached hydrogen (secondary N) is 1. The topological polar surface area (TPSA) is 68.3 Å². The van der Waals surface area contributed by atoms with Crippen molar-refractivity contribution >= 4 is 43.2 Å². The maximum absolute atomic E-state index is 12.4. The molecule has 0 unspecified atom stereocenters. The second-order valence-corrected chi connectivity index (χ2v) is 7.07. The van der Waals surface area contributed by atoms with Crippen molar-refractivity contribution in [2.45, 2.75) is 11.8 Å². The van der Waals surface area contributed by atoms with E-state index < -0.39 is 10.0 Å². The summed E-state index contributed by atoms with van der Waals surface area (Å²) in [5, 5.41) is 0.395. The highest BCUT2D eigenvalue weighted by molar-refractivity contribution is 9.10. The van der Waals surface area contributed by atoms with Crippen LogP contribution in [0.2, 0.25) is 5.02 Å². The maximum atomic E-state index is 12.4. The molecule has 1 N–H and O–H groups in total. The number of benzene rings is 1. The molecule has 0 saturated carbocycles. The number of nitrogens with zero attached hydrogens (tertiary/aromatic N) is 1. The molecule has 0 amide bonds. The van der Waals surface area contributed by atoms with E-state index in [1.807, 2.05) is 6.92 Å². The van der Waals surface area contributed by atoms with Crippen molar-refractivity contribution in [3.05, 3.63) is 45.7 Å². The van der Waals surface area contributed by atoms with Crippen LogP contribution in [0.25, 0.3) is 0 Å². The number of hydrogen-bond donors (Lipinski definition) is 1. The molecule has 8 heteroatoms. The zero-order valence-electron chi connectivity index (χ0n) is 11.2. The van der Waals surface area contributed by atoms with Crippen LogP contribution in [0.4, 0.5) is 5.69 Å². The van der Waals surface area contributed by atoms with E-state index in [1.54, 1.807) is 6.07 Å². The first kappa shape index (κ1) is 16.1. The molecule has 1 aromatic heterocycles. The SMILES string of the molecule is COc1cc(Cl)ccc1S(=O)(=O)Nc1cnc(Br)c(C)c1. The Labute approximate surface area is 136 Å². The number of halogens is 2. The molecule has 0 aliphatic rings. The summed E-state index contributed by atoms with van der Waals surface area (Å²) in [6.45, 7) is 1.82. The Kier molecular flexibility index (Phi) is 4.75. The first-order valence-corrected chi connectivity index (χ1v) is 8.47. The highest BCUT2D eigenvalue weighted by Crippen LogP contribution is 2.29. The van der Waals surface area contributed by atoms with Crippen LogP contribution in [0.5, 0.6) is 5.75 Å². The monoisotopic (exact) mass is 390 g/mol. The van der Waals surface area contributed by atoms with Gasteiger partial charge in [0, 0.05) is 11.1 Å². The van der Waals surface area contributed by atoms with E-state index in [9.17, 15) is 8.42 Å². The number of methoxy groups -OCH3 is 1. The average molecular weight is 392 g/mol. The molecule has 21 heavy (non-hydrogen) atoms. The number of aromatic nitrogens is 1. The maximum Gasteiger partial charge on any atom is 0.265 e. The van der Waals surface area contributed by atoms with Crippen molar-refractivity contribution in [2.75, 3.05) is 11.8 Å². The van der Waals surface area contributed by atoms with E-state index in [2.05, 4.69) is 25.6 Å². The zero-order valence-corrected chi connectivity index (χ0v) is 14.4. The molecule has 2 rings (SSSR count). The molecule has 5 nitrogen and oxygen atoms in total. The van der Waals surface area contributed by atoms with Gasteiger partial charge in [0.25, 0.3) is 10.0 Å². The van der Waals surface area contributed by atoms with Gasteiger partial charge < -0.3 is 4.74 Å². The smallest absolute Gasteiger partial charge is 0.265 e. The molecule has 0 atom stereocenters. The largest absolute Gasteiger partial charge is 0.495 e. The first-order valence-electron chi connectivity index (χ1n) is 5.82. The highest BCUT2D eigenvalue weighted by Gasteiger charge is 2.20. The van der Waals surface area contributed by atoms with Crippen LogP contribution in [0.15, 0.2) is 40.0 Å². The van der Waals surface area contributed by atoms with Crippen molar-refractivity contribution < 1.29 is 13.2 Å². The van der Waals surface area contributed by atoms with Gasteiger partial charge in [-0.1, -0.05) is 11.6 Å². The van der Waals surface area contributed by atoms with Gasteiger partial charge in [0.1, 0.15) is 15.2 Å². The highest BCUT2D eigenvalue weighted by atomic mass is 79.9. The van der Waals surface area contributed by atoms with Crippen LogP contribution in [-0.4, -0.2) is 20.5 Å². The predicted octanol–water partition coefficient (Wildman–Crippen LogP) is 3.62. The van der Waals surface area contributed by atoms with Gasteiger partial charge in [0.05, 0.1) is 19.0 Å².